The van der Waals surface area contributed by atoms with Gasteiger partial charge in [0.25, 0.3) is 0 Å². The lowest BCUT2D eigenvalue weighted by atomic mass is 9.94. The third-order valence-electron chi connectivity index (χ3n) is 4.30. The zero-order valence-electron chi connectivity index (χ0n) is 10.7. The highest BCUT2D eigenvalue weighted by atomic mass is 16.4. The zero-order valence-corrected chi connectivity index (χ0v) is 10.7. The molecular weight excluding hydrogens is 234 g/mol. The second kappa shape index (κ2) is 5.26. The number of likely N-dealkylation sites (tertiary alicyclic amines) is 1. The summed E-state index contributed by atoms with van der Waals surface area (Å²) in [6.45, 7) is 2.63. The van der Waals surface area contributed by atoms with Crippen LogP contribution >= 0.6 is 0 Å². The van der Waals surface area contributed by atoms with Crippen molar-refractivity contribution in [2.45, 2.75) is 38.6 Å². The number of carbonyl (C=O) groups excluding carboxylic acids is 1. The molecule has 0 spiro atoms. The second-order valence-electron chi connectivity index (χ2n) is 5.64. The molecule has 1 saturated carbocycles. The Balaban J connectivity index is 2.10. The van der Waals surface area contributed by atoms with Crippen molar-refractivity contribution in [2.24, 2.45) is 17.8 Å². The van der Waals surface area contributed by atoms with E-state index in [0.717, 1.165) is 12.8 Å². The zero-order chi connectivity index (χ0) is 13.3. The first-order valence-corrected chi connectivity index (χ1v) is 6.68. The molecule has 5 nitrogen and oxygen atoms in total. The average molecular weight is 255 g/mol. The van der Waals surface area contributed by atoms with Gasteiger partial charge in [-0.15, -0.1) is 0 Å². The number of rotatable bonds is 3. The van der Waals surface area contributed by atoms with Crippen molar-refractivity contribution in [1.29, 1.82) is 0 Å². The summed E-state index contributed by atoms with van der Waals surface area (Å²) >= 11 is 0. The van der Waals surface area contributed by atoms with Crippen LogP contribution < -0.4 is 0 Å². The molecule has 4 atom stereocenters. The Kier molecular flexibility index (Phi) is 3.90. The van der Waals surface area contributed by atoms with Crippen LogP contribution in [0.5, 0.6) is 0 Å². The topological polar surface area (TPSA) is 77.8 Å². The van der Waals surface area contributed by atoms with E-state index < -0.39 is 17.8 Å². The van der Waals surface area contributed by atoms with Crippen LogP contribution in [-0.4, -0.2) is 46.2 Å². The quantitative estimate of drug-likeness (QED) is 0.779. The third kappa shape index (κ3) is 2.36. The van der Waals surface area contributed by atoms with Gasteiger partial charge in [-0.3, -0.25) is 9.59 Å². The number of nitrogens with zero attached hydrogens (tertiary/aromatic N) is 1. The molecule has 102 valence electrons. The summed E-state index contributed by atoms with van der Waals surface area (Å²) in [7, 11) is 0. The molecule has 18 heavy (non-hydrogen) atoms. The monoisotopic (exact) mass is 255 g/mol. The number of hydrogen-bond donors (Lipinski definition) is 2. The fourth-order valence-corrected chi connectivity index (χ4v) is 3.37. The predicted octanol–water partition coefficient (Wildman–Crippen LogP) is 0.717. The molecule has 0 aromatic carbocycles. The van der Waals surface area contributed by atoms with Crippen LogP contribution in [0.3, 0.4) is 0 Å². The van der Waals surface area contributed by atoms with E-state index in [9.17, 15) is 19.8 Å². The molecule has 5 heteroatoms. The molecular formula is C13H21NO4. The van der Waals surface area contributed by atoms with Crippen LogP contribution in [-0.2, 0) is 9.59 Å². The van der Waals surface area contributed by atoms with Crippen molar-refractivity contribution in [3.63, 3.8) is 0 Å². The summed E-state index contributed by atoms with van der Waals surface area (Å²) in [5.41, 5.74) is 0. The first kappa shape index (κ1) is 13.3. The van der Waals surface area contributed by atoms with E-state index in [1.165, 1.54) is 0 Å². The Labute approximate surface area is 107 Å². The molecule has 0 aromatic rings. The van der Waals surface area contributed by atoms with Gasteiger partial charge in [0.15, 0.2) is 0 Å². The van der Waals surface area contributed by atoms with E-state index in [4.69, 9.17) is 0 Å². The first-order valence-electron chi connectivity index (χ1n) is 6.68. The first-order chi connectivity index (χ1) is 8.54. The van der Waals surface area contributed by atoms with Gasteiger partial charge in [0, 0.05) is 6.54 Å². The summed E-state index contributed by atoms with van der Waals surface area (Å²) in [4.78, 5) is 25.3. The molecule has 2 rings (SSSR count). The minimum Gasteiger partial charge on any atom is -0.481 e. The minimum absolute atomic E-state index is 0.0221. The van der Waals surface area contributed by atoms with Crippen LogP contribution in [0, 0.1) is 17.8 Å². The van der Waals surface area contributed by atoms with E-state index in [1.807, 2.05) is 6.92 Å². The average Bonchev–Trinajstić information content (AvgIpc) is 2.93. The Morgan fingerprint density at radius 2 is 1.94 bits per heavy atom. The maximum absolute atomic E-state index is 12.4. The number of aliphatic hydroxyl groups excluding tert-OH is 1. The molecule has 0 bridgehead atoms. The van der Waals surface area contributed by atoms with E-state index in [2.05, 4.69) is 0 Å². The number of aliphatic hydroxyl groups is 1. The van der Waals surface area contributed by atoms with Crippen LogP contribution in [0.4, 0.5) is 0 Å². The molecule has 2 N–H and O–H groups in total. The molecule has 1 amide bonds. The Hall–Kier alpha value is -1.10. The van der Waals surface area contributed by atoms with Crippen LogP contribution in [0.2, 0.25) is 0 Å². The number of carboxylic acids is 1. The van der Waals surface area contributed by atoms with Gasteiger partial charge in [-0.1, -0.05) is 6.92 Å². The fourth-order valence-electron chi connectivity index (χ4n) is 3.37. The highest BCUT2D eigenvalue weighted by Crippen LogP contribution is 2.38. The lowest BCUT2D eigenvalue weighted by Gasteiger charge is -2.27. The Bertz CT molecular complexity index is 344. The summed E-state index contributed by atoms with van der Waals surface area (Å²) in [5.74, 6) is -1.59. The van der Waals surface area contributed by atoms with Gasteiger partial charge >= 0.3 is 5.97 Å². The van der Waals surface area contributed by atoms with Gasteiger partial charge < -0.3 is 15.1 Å². The van der Waals surface area contributed by atoms with Crippen LogP contribution in [0.15, 0.2) is 0 Å². The summed E-state index contributed by atoms with van der Waals surface area (Å²) in [6.07, 6.45) is 2.97. The van der Waals surface area contributed by atoms with Crippen molar-refractivity contribution in [2.75, 3.05) is 13.2 Å². The maximum atomic E-state index is 12.4. The van der Waals surface area contributed by atoms with E-state index in [1.54, 1.807) is 4.90 Å². The molecule has 0 radical (unpaired) electrons. The van der Waals surface area contributed by atoms with Gasteiger partial charge in [-0.25, -0.2) is 0 Å². The molecule has 1 unspecified atom stereocenters. The molecule has 2 aliphatic rings. The molecule has 2 fully saturated rings. The lowest BCUT2D eigenvalue weighted by Crippen LogP contribution is -2.43. The molecule has 1 heterocycles. The SMILES string of the molecule is CC1C[C@H](C(=O)N2CCC[C@H]2CO)[C@H](C(=O)O)C1. The number of aliphatic carboxylic acids is 1. The second-order valence-corrected chi connectivity index (χ2v) is 5.64. The Morgan fingerprint density at radius 1 is 1.28 bits per heavy atom. The molecule has 0 aromatic heterocycles. The van der Waals surface area contributed by atoms with Gasteiger partial charge in [-0.2, -0.15) is 0 Å². The van der Waals surface area contributed by atoms with Gasteiger partial charge in [0.05, 0.1) is 24.5 Å². The lowest BCUT2D eigenvalue weighted by molar-refractivity contribution is -0.149. The summed E-state index contributed by atoms with van der Waals surface area (Å²) in [5, 5.41) is 18.4. The number of hydrogen-bond acceptors (Lipinski definition) is 3. The largest absolute Gasteiger partial charge is 0.481 e. The standard InChI is InChI=1S/C13H21NO4/c1-8-5-10(11(6-8)13(17)18)12(16)14-4-2-3-9(14)7-15/h8-11,15H,2-7H2,1H3,(H,17,18)/t8?,9-,10-,11+/m0/s1. The molecule has 1 aliphatic carbocycles. The Morgan fingerprint density at radius 3 is 2.56 bits per heavy atom. The van der Waals surface area contributed by atoms with Gasteiger partial charge in [-0.05, 0) is 31.6 Å². The summed E-state index contributed by atoms with van der Waals surface area (Å²) < 4.78 is 0. The molecule has 1 saturated heterocycles. The highest BCUT2D eigenvalue weighted by Gasteiger charge is 2.44. The highest BCUT2D eigenvalue weighted by molar-refractivity contribution is 5.85. The normalized spacial score (nSPS) is 36.0. The van der Waals surface area contributed by atoms with E-state index in [0.29, 0.717) is 19.4 Å². The smallest absolute Gasteiger partial charge is 0.307 e. The maximum Gasteiger partial charge on any atom is 0.307 e. The van der Waals surface area contributed by atoms with Crippen molar-refractivity contribution in [3.05, 3.63) is 0 Å². The van der Waals surface area contributed by atoms with Gasteiger partial charge in [0.1, 0.15) is 0 Å². The van der Waals surface area contributed by atoms with E-state index in [-0.39, 0.29) is 24.5 Å². The van der Waals surface area contributed by atoms with Crippen molar-refractivity contribution >= 4 is 11.9 Å². The minimum atomic E-state index is -0.863. The number of amides is 1. The fraction of sp³-hybridized carbons (Fsp3) is 0.846. The number of carbonyl (C=O) groups is 2. The summed E-state index contributed by atoms with van der Waals surface area (Å²) in [6, 6.07) is -0.108. The van der Waals surface area contributed by atoms with Crippen LogP contribution in [0.25, 0.3) is 0 Å². The van der Waals surface area contributed by atoms with Crippen molar-refractivity contribution in [3.8, 4) is 0 Å². The molecule has 1 aliphatic heterocycles. The van der Waals surface area contributed by atoms with E-state index >= 15 is 0 Å². The van der Waals surface area contributed by atoms with Crippen LogP contribution in [0.1, 0.15) is 32.6 Å². The van der Waals surface area contributed by atoms with Gasteiger partial charge in [0.2, 0.25) is 5.91 Å². The number of carboxylic acid groups (broad SMARTS) is 1. The third-order valence-corrected chi connectivity index (χ3v) is 4.30. The van der Waals surface area contributed by atoms with Crippen molar-refractivity contribution < 1.29 is 19.8 Å². The predicted molar refractivity (Wildman–Crippen MR) is 64.8 cm³/mol. The van der Waals surface area contributed by atoms with Crippen molar-refractivity contribution in [1.82, 2.24) is 4.90 Å².